The summed E-state index contributed by atoms with van der Waals surface area (Å²) in [5, 5.41) is 6.91. The Labute approximate surface area is 161 Å². The summed E-state index contributed by atoms with van der Waals surface area (Å²) in [6.07, 6.45) is 7.00. The summed E-state index contributed by atoms with van der Waals surface area (Å²) in [5.41, 5.74) is 9.42. The molecule has 1 aromatic heterocycles. The van der Waals surface area contributed by atoms with Crippen LogP contribution in [0.15, 0.2) is 49.1 Å². The third-order valence-corrected chi connectivity index (χ3v) is 4.52. The van der Waals surface area contributed by atoms with Crippen molar-refractivity contribution in [1.29, 1.82) is 0 Å². The van der Waals surface area contributed by atoms with E-state index in [0.29, 0.717) is 12.5 Å². The molecule has 5 nitrogen and oxygen atoms in total. The SMILES string of the molecule is C=CCOc1cc(/C=C/c2ccc(N)cc2)nc(CNCC2CCNC2)c1. The molecule has 0 radical (unpaired) electrons. The molecular weight excluding hydrogens is 336 g/mol. The van der Waals surface area contributed by atoms with Gasteiger partial charge in [-0.25, -0.2) is 0 Å². The molecule has 1 saturated heterocycles. The number of aromatic nitrogens is 1. The second kappa shape index (κ2) is 9.90. The van der Waals surface area contributed by atoms with Crippen molar-refractivity contribution in [1.82, 2.24) is 15.6 Å². The largest absolute Gasteiger partial charge is 0.489 e. The van der Waals surface area contributed by atoms with E-state index in [4.69, 9.17) is 15.5 Å². The third kappa shape index (κ3) is 6.24. The van der Waals surface area contributed by atoms with Gasteiger partial charge in [0.05, 0.1) is 11.4 Å². The molecule has 0 aliphatic carbocycles. The molecule has 4 N–H and O–H groups in total. The van der Waals surface area contributed by atoms with Crippen LogP contribution >= 0.6 is 0 Å². The van der Waals surface area contributed by atoms with Crippen LogP contribution in [-0.4, -0.2) is 31.2 Å². The molecule has 142 valence electrons. The van der Waals surface area contributed by atoms with Crippen LogP contribution in [0.1, 0.15) is 23.4 Å². The molecule has 1 fully saturated rings. The molecule has 5 heteroatoms. The third-order valence-electron chi connectivity index (χ3n) is 4.52. The Balaban J connectivity index is 1.68. The zero-order valence-electron chi connectivity index (χ0n) is 15.7. The topological polar surface area (TPSA) is 72.2 Å². The predicted octanol–water partition coefficient (Wildman–Crippen LogP) is 3.10. The van der Waals surface area contributed by atoms with Gasteiger partial charge in [0.15, 0.2) is 0 Å². The molecule has 0 amide bonds. The number of nitrogen functional groups attached to an aromatic ring is 1. The fourth-order valence-electron chi connectivity index (χ4n) is 3.08. The number of pyridine rings is 1. The van der Waals surface area contributed by atoms with E-state index >= 15 is 0 Å². The van der Waals surface area contributed by atoms with E-state index in [1.165, 1.54) is 6.42 Å². The molecule has 3 rings (SSSR count). The van der Waals surface area contributed by atoms with Gasteiger partial charge in [0.2, 0.25) is 0 Å². The highest BCUT2D eigenvalue weighted by Crippen LogP contribution is 2.17. The molecule has 1 aliphatic rings. The highest BCUT2D eigenvalue weighted by molar-refractivity contribution is 5.69. The van der Waals surface area contributed by atoms with Gasteiger partial charge in [0.1, 0.15) is 12.4 Å². The first-order chi connectivity index (χ1) is 13.2. The molecule has 1 aliphatic heterocycles. The van der Waals surface area contributed by atoms with E-state index in [9.17, 15) is 0 Å². The molecule has 1 atom stereocenters. The van der Waals surface area contributed by atoms with Crippen LogP contribution < -0.4 is 21.1 Å². The summed E-state index contributed by atoms with van der Waals surface area (Å²) in [5.74, 6) is 1.51. The number of benzene rings is 1. The van der Waals surface area contributed by atoms with Gasteiger partial charge in [-0.2, -0.15) is 0 Å². The maximum absolute atomic E-state index is 5.74. The second-order valence-electron chi connectivity index (χ2n) is 6.81. The molecular formula is C22H28N4O. The van der Waals surface area contributed by atoms with Crippen molar-refractivity contribution in [3.05, 3.63) is 66.0 Å². The van der Waals surface area contributed by atoms with E-state index in [-0.39, 0.29) is 0 Å². The summed E-state index contributed by atoms with van der Waals surface area (Å²) in [7, 11) is 0. The first kappa shape index (κ1) is 19.1. The lowest BCUT2D eigenvalue weighted by Gasteiger charge is -2.11. The molecule has 0 saturated carbocycles. The van der Waals surface area contributed by atoms with Gasteiger partial charge in [0, 0.05) is 24.4 Å². The number of ether oxygens (including phenoxy) is 1. The summed E-state index contributed by atoms with van der Waals surface area (Å²) < 4.78 is 5.74. The fourth-order valence-corrected chi connectivity index (χ4v) is 3.08. The number of hydrogen-bond acceptors (Lipinski definition) is 5. The Morgan fingerprint density at radius 2 is 2.11 bits per heavy atom. The van der Waals surface area contributed by atoms with Crippen molar-refractivity contribution < 1.29 is 4.74 Å². The normalized spacial score (nSPS) is 16.7. The Morgan fingerprint density at radius 1 is 1.26 bits per heavy atom. The first-order valence-corrected chi connectivity index (χ1v) is 9.42. The lowest BCUT2D eigenvalue weighted by molar-refractivity contribution is 0.362. The van der Waals surface area contributed by atoms with Gasteiger partial charge >= 0.3 is 0 Å². The van der Waals surface area contributed by atoms with E-state index in [1.54, 1.807) is 6.08 Å². The van der Waals surface area contributed by atoms with E-state index in [2.05, 4.69) is 17.2 Å². The van der Waals surface area contributed by atoms with Crippen LogP contribution in [0.5, 0.6) is 5.75 Å². The van der Waals surface area contributed by atoms with E-state index < -0.39 is 0 Å². The molecule has 27 heavy (non-hydrogen) atoms. The molecule has 2 heterocycles. The van der Waals surface area contributed by atoms with Crippen molar-refractivity contribution in [2.24, 2.45) is 5.92 Å². The lowest BCUT2D eigenvalue weighted by atomic mass is 10.1. The summed E-state index contributed by atoms with van der Waals surface area (Å²) in [6, 6.07) is 11.7. The molecule has 1 aromatic carbocycles. The van der Waals surface area contributed by atoms with Gasteiger partial charge in [0.25, 0.3) is 0 Å². The van der Waals surface area contributed by atoms with E-state index in [1.807, 2.05) is 48.6 Å². The maximum Gasteiger partial charge on any atom is 0.123 e. The molecule has 0 spiro atoms. The van der Waals surface area contributed by atoms with Crippen molar-refractivity contribution >= 4 is 17.8 Å². The number of nitrogens with two attached hydrogens (primary N) is 1. The van der Waals surface area contributed by atoms with Crippen LogP contribution in [0.2, 0.25) is 0 Å². The molecule has 1 unspecified atom stereocenters. The minimum absolute atomic E-state index is 0.478. The van der Waals surface area contributed by atoms with Crippen LogP contribution in [-0.2, 0) is 6.54 Å². The van der Waals surface area contributed by atoms with Crippen molar-refractivity contribution in [2.75, 3.05) is 32.0 Å². The zero-order valence-corrected chi connectivity index (χ0v) is 15.7. The number of anilines is 1. The Kier molecular flexibility index (Phi) is 7.02. The van der Waals surface area contributed by atoms with Gasteiger partial charge in [-0.05, 0) is 55.7 Å². The highest BCUT2D eigenvalue weighted by Gasteiger charge is 2.13. The number of hydrogen-bond donors (Lipinski definition) is 3. The average Bonchev–Trinajstić information content (AvgIpc) is 3.19. The van der Waals surface area contributed by atoms with Gasteiger partial charge < -0.3 is 21.1 Å². The smallest absolute Gasteiger partial charge is 0.123 e. The standard InChI is InChI=1S/C22H28N4O/c1-2-11-27-22-12-20(8-5-17-3-6-19(23)7-4-17)26-21(13-22)16-25-15-18-9-10-24-14-18/h2-8,12-13,18,24-25H,1,9-11,14-16,23H2/b8-5+. The predicted molar refractivity (Wildman–Crippen MR) is 112 cm³/mol. The minimum Gasteiger partial charge on any atom is -0.489 e. The zero-order chi connectivity index (χ0) is 18.9. The van der Waals surface area contributed by atoms with Crippen molar-refractivity contribution in [3.8, 4) is 5.75 Å². The Bertz CT molecular complexity index is 764. The van der Waals surface area contributed by atoms with Crippen molar-refractivity contribution in [2.45, 2.75) is 13.0 Å². The summed E-state index contributed by atoms with van der Waals surface area (Å²) >= 11 is 0. The van der Waals surface area contributed by atoms with Crippen LogP contribution in [0.25, 0.3) is 12.2 Å². The Morgan fingerprint density at radius 3 is 2.85 bits per heavy atom. The minimum atomic E-state index is 0.478. The van der Waals surface area contributed by atoms with Crippen molar-refractivity contribution in [3.63, 3.8) is 0 Å². The highest BCUT2D eigenvalue weighted by atomic mass is 16.5. The second-order valence-corrected chi connectivity index (χ2v) is 6.81. The van der Waals surface area contributed by atoms with Gasteiger partial charge in [-0.1, -0.05) is 30.9 Å². The average molecular weight is 364 g/mol. The van der Waals surface area contributed by atoms with Gasteiger partial charge in [-0.15, -0.1) is 0 Å². The van der Waals surface area contributed by atoms with Gasteiger partial charge in [-0.3, -0.25) is 4.98 Å². The van der Waals surface area contributed by atoms with Crippen LogP contribution in [0, 0.1) is 5.92 Å². The van der Waals surface area contributed by atoms with Crippen LogP contribution in [0.3, 0.4) is 0 Å². The number of rotatable bonds is 9. The number of nitrogens with one attached hydrogen (secondary N) is 2. The maximum atomic E-state index is 5.74. The molecule has 2 aromatic rings. The van der Waals surface area contributed by atoms with Crippen LogP contribution in [0.4, 0.5) is 5.69 Å². The fraction of sp³-hybridized carbons (Fsp3) is 0.318. The monoisotopic (exact) mass is 364 g/mol. The lowest BCUT2D eigenvalue weighted by Crippen LogP contribution is -2.24. The molecule has 0 bridgehead atoms. The Hall–Kier alpha value is -2.63. The summed E-state index contributed by atoms with van der Waals surface area (Å²) in [6.45, 7) is 8.14. The van der Waals surface area contributed by atoms with E-state index in [0.717, 1.165) is 54.6 Å². The summed E-state index contributed by atoms with van der Waals surface area (Å²) in [4.78, 5) is 4.74. The quantitative estimate of drug-likeness (QED) is 0.471. The first-order valence-electron chi connectivity index (χ1n) is 9.42. The number of nitrogens with zero attached hydrogens (tertiary/aromatic N) is 1.